The van der Waals surface area contributed by atoms with Crippen molar-refractivity contribution in [1.29, 1.82) is 0 Å². The maximum Gasteiger partial charge on any atom is 0.234 e. The first-order chi connectivity index (χ1) is 7.99. The van der Waals surface area contributed by atoms with Crippen LogP contribution in [0.5, 0.6) is 5.88 Å². The Bertz CT molecular complexity index is 344. The van der Waals surface area contributed by atoms with Crippen molar-refractivity contribution in [3.8, 4) is 5.88 Å². The van der Waals surface area contributed by atoms with E-state index in [1.54, 1.807) is 12.4 Å². The summed E-state index contributed by atoms with van der Waals surface area (Å²) < 4.78 is 5.46. The van der Waals surface area contributed by atoms with Crippen LogP contribution in [0.3, 0.4) is 0 Å². The van der Waals surface area contributed by atoms with Gasteiger partial charge in [0.15, 0.2) is 0 Å². The van der Waals surface area contributed by atoms with Crippen molar-refractivity contribution in [2.24, 2.45) is 5.92 Å². The molecule has 0 bridgehead atoms. The highest BCUT2D eigenvalue weighted by Gasteiger charge is 2.09. The van der Waals surface area contributed by atoms with E-state index in [9.17, 15) is 0 Å². The molecular formula is C12H20ClN3O. The lowest BCUT2D eigenvalue weighted by Gasteiger charge is -2.15. The number of halogens is 1. The van der Waals surface area contributed by atoms with E-state index in [0.29, 0.717) is 24.2 Å². The number of ether oxygens (including phenoxy) is 1. The van der Waals surface area contributed by atoms with Gasteiger partial charge in [-0.05, 0) is 19.8 Å². The highest BCUT2D eigenvalue weighted by atomic mass is 35.5. The minimum absolute atomic E-state index is 0.0754. The number of alkyl halides is 1. The number of nitrogens with zero attached hydrogens (tertiary/aromatic N) is 2. The molecule has 0 aliphatic carbocycles. The van der Waals surface area contributed by atoms with Gasteiger partial charge in [-0.15, -0.1) is 11.6 Å². The van der Waals surface area contributed by atoms with Crippen LogP contribution in [0.2, 0.25) is 0 Å². The quantitative estimate of drug-likeness (QED) is 0.796. The van der Waals surface area contributed by atoms with Crippen LogP contribution in [-0.4, -0.2) is 28.0 Å². The predicted octanol–water partition coefficient (Wildman–Crippen LogP) is 2.94. The van der Waals surface area contributed by atoms with Gasteiger partial charge in [0.25, 0.3) is 0 Å². The molecule has 0 aliphatic rings. The summed E-state index contributed by atoms with van der Waals surface area (Å²) in [5.74, 6) is 1.64. The fraction of sp³-hybridized carbons (Fsp3) is 0.667. The summed E-state index contributed by atoms with van der Waals surface area (Å²) in [6.45, 7) is 8.75. The van der Waals surface area contributed by atoms with Crippen molar-refractivity contribution >= 4 is 17.4 Å². The summed E-state index contributed by atoms with van der Waals surface area (Å²) in [7, 11) is 0. The predicted molar refractivity (Wildman–Crippen MR) is 70.8 cm³/mol. The van der Waals surface area contributed by atoms with E-state index in [4.69, 9.17) is 16.3 Å². The maximum absolute atomic E-state index is 6.15. The van der Waals surface area contributed by atoms with Crippen LogP contribution in [0.25, 0.3) is 0 Å². The van der Waals surface area contributed by atoms with Gasteiger partial charge in [-0.1, -0.05) is 13.8 Å². The van der Waals surface area contributed by atoms with Crippen LogP contribution in [-0.2, 0) is 0 Å². The molecule has 0 saturated carbocycles. The molecule has 1 aromatic rings. The third-order valence-corrected chi connectivity index (χ3v) is 2.83. The summed E-state index contributed by atoms with van der Waals surface area (Å²) in [5, 5.41) is 3.23. The van der Waals surface area contributed by atoms with E-state index in [2.05, 4.69) is 29.1 Å². The Morgan fingerprint density at radius 3 is 2.59 bits per heavy atom. The van der Waals surface area contributed by atoms with Crippen molar-refractivity contribution in [2.45, 2.75) is 39.2 Å². The average molecular weight is 258 g/mol. The lowest BCUT2D eigenvalue weighted by atomic mass is 10.1. The zero-order chi connectivity index (χ0) is 12.8. The number of aromatic nitrogens is 2. The van der Waals surface area contributed by atoms with Crippen molar-refractivity contribution < 1.29 is 4.74 Å². The Morgan fingerprint density at radius 2 is 2.00 bits per heavy atom. The monoisotopic (exact) mass is 257 g/mol. The number of nitrogens with one attached hydrogen (secondary N) is 1. The summed E-state index contributed by atoms with van der Waals surface area (Å²) in [6, 6.07) is 0. The lowest BCUT2D eigenvalue weighted by Crippen LogP contribution is -2.20. The van der Waals surface area contributed by atoms with Gasteiger partial charge in [0.1, 0.15) is 5.82 Å². The minimum Gasteiger partial charge on any atom is -0.474 e. The fourth-order valence-corrected chi connectivity index (χ4v) is 1.25. The lowest BCUT2D eigenvalue weighted by molar-refractivity contribution is 0.232. The molecule has 1 atom stereocenters. The molecule has 1 rings (SSSR count). The van der Waals surface area contributed by atoms with Crippen LogP contribution in [0.15, 0.2) is 12.4 Å². The van der Waals surface area contributed by atoms with Gasteiger partial charge in [0.2, 0.25) is 5.88 Å². The first kappa shape index (κ1) is 14.0. The number of anilines is 1. The fourth-order valence-electron chi connectivity index (χ4n) is 1.17. The second-order valence-corrected chi connectivity index (χ2v) is 5.11. The zero-order valence-electron chi connectivity index (χ0n) is 10.8. The van der Waals surface area contributed by atoms with Gasteiger partial charge >= 0.3 is 0 Å². The Balaban J connectivity index is 2.54. The maximum atomic E-state index is 6.15. The van der Waals surface area contributed by atoms with E-state index in [-0.39, 0.29) is 11.5 Å². The van der Waals surface area contributed by atoms with Gasteiger partial charge in [-0.3, -0.25) is 4.98 Å². The molecule has 4 nitrogen and oxygen atoms in total. The van der Waals surface area contributed by atoms with Crippen LogP contribution in [0, 0.1) is 5.92 Å². The SMILES string of the molecule is CC(C)Oc1cncc(NCC(Cl)C(C)C)n1. The van der Waals surface area contributed by atoms with Gasteiger partial charge in [0.05, 0.1) is 23.9 Å². The molecule has 1 unspecified atom stereocenters. The zero-order valence-corrected chi connectivity index (χ0v) is 11.5. The molecule has 96 valence electrons. The molecule has 1 heterocycles. The Hall–Kier alpha value is -1.03. The second kappa shape index (κ2) is 6.64. The molecule has 5 heteroatoms. The minimum atomic E-state index is 0.0754. The average Bonchev–Trinajstić information content (AvgIpc) is 2.25. The molecule has 1 N–H and O–H groups in total. The molecule has 0 radical (unpaired) electrons. The molecule has 0 amide bonds. The van der Waals surface area contributed by atoms with Crippen molar-refractivity contribution in [2.75, 3.05) is 11.9 Å². The highest BCUT2D eigenvalue weighted by molar-refractivity contribution is 6.21. The van der Waals surface area contributed by atoms with E-state index < -0.39 is 0 Å². The molecule has 17 heavy (non-hydrogen) atoms. The first-order valence-electron chi connectivity index (χ1n) is 5.85. The Kier molecular flexibility index (Phi) is 5.48. The van der Waals surface area contributed by atoms with Crippen LogP contribution in [0.4, 0.5) is 5.82 Å². The van der Waals surface area contributed by atoms with Gasteiger partial charge in [-0.2, -0.15) is 4.98 Å². The second-order valence-electron chi connectivity index (χ2n) is 4.55. The largest absolute Gasteiger partial charge is 0.474 e. The Morgan fingerprint density at radius 1 is 1.29 bits per heavy atom. The third kappa shape index (κ3) is 5.22. The van der Waals surface area contributed by atoms with Crippen molar-refractivity contribution in [1.82, 2.24) is 9.97 Å². The number of hydrogen-bond acceptors (Lipinski definition) is 4. The summed E-state index contributed by atoms with van der Waals surface area (Å²) >= 11 is 6.15. The Labute approximate surface area is 108 Å². The molecule has 1 aromatic heterocycles. The molecule has 0 saturated heterocycles. The smallest absolute Gasteiger partial charge is 0.234 e. The molecule has 0 fully saturated rings. The molecular weight excluding hydrogens is 238 g/mol. The van der Waals surface area contributed by atoms with Crippen LogP contribution < -0.4 is 10.1 Å². The van der Waals surface area contributed by atoms with E-state index in [1.807, 2.05) is 13.8 Å². The molecule has 0 spiro atoms. The summed E-state index contributed by atoms with van der Waals surface area (Å²) in [4.78, 5) is 8.36. The third-order valence-electron chi connectivity index (χ3n) is 2.17. The van der Waals surface area contributed by atoms with Crippen LogP contribution in [0.1, 0.15) is 27.7 Å². The van der Waals surface area contributed by atoms with E-state index >= 15 is 0 Å². The van der Waals surface area contributed by atoms with Crippen molar-refractivity contribution in [3.05, 3.63) is 12.4 Å². The van der Waals surface area contributed by atoms with Gasteiger partial charge < -0.3 is 10.1 Å². The highest BCUT2D eigenvalue weighted by Crippen LogP contribution is 2.13. The summed E-state index contributed by atoms with van der Waals surface area (Å²) in [6.07, 6.45) is 3.36. The van der Waals surface area contributed by atoms with Crippen LogP contribution >= 0.6 is 11.6 Å². The molecule has 0 aromatic carbocycles. The summed E-state index contributed by atoms with van der Waals surface area (Å²) in [5.41, 5.74) is 0. The van der Waals surface area contributed by atoms with Gasteiger partial charge in [0, 0.05) is 6.54 Å². The number of hydrogen-bond donors (Lipinski definition) is 1. The van der Waals surface area contributed by atoms with E-state index in [1.165, 1.54) is 0 Å². The van der Waals surface area contributed by atoms with E-state index in [0.717, 1.165) is 0 Å². The number of rotatable bonds is 6. The van der Waals surface area contributed by atoms with Crippen molar-refractivity contribution in [3.63, 3.8) is 0 Å². The standard InChI is InChI=1S/C12H20ClN3O/c1-8(2)10(13)5-15-11-6-14-7-12(16-11)17-9(3)4/h6-10H,5H2,1-4H3,(H,15,16). The topological polar surface area (TPSA) is 47.0 Å². The van der Waals surface area contributed by atoms with Gasteiger partial charge in [-0.25, -0.2) is 0 Å². The normalized spacial score (nSPS) is 12.9. The molecule has 0 aliphatic heterocycles. The first-order valence-corrected chi connectivity index (χ1v) is 6.29.